The summed E-state index contributed by atoms with van der Waals surface area (Å²) in [6.07, 6.45) is 1.61. The van der Waals surface area contributed by atoms with Gasteiger partial charge in [-0.25, -0.2) is 4.79 Å². The maximum Gasteiger partial charge on any atom is 0.332 e. The molecule has 90 valence electrons. The van der Waals surface area contributed by atoms with Gasteiger partial charge in [0.2, 0.25) is 5.95 Å². The molecule has 0 aromatic carbocycles. The number of nitrogens with two attached hydrogens (primary N) is 1. The molecule has 0 bridgehead atoms. The van der Waals surface area contributed by atoms with Crippen molar-refractivity contribution in [2.45, 2.75) is 6.54 Å². The van der Waals surface area contributed by atoms with E-state index < -0.39 is 11.2 Å². The number of aromatic nitrogens is 4. The minimum absolute atomic E-state index is 0.193. The van der Waals surface area contributed by atoms with Crippen LogP contribution in [-0.2, 0) is 20.6 Å². The third-order valence-corrected chi connectivity index (χ3v) is 2.69. The van der Waals surface area contributed by atoms with E-state index in [1.165, 1.54) is 16.2 Å². The van der Waals surface area contributed by atoms with Gasteiger partial charge in [0.1, 0.15) is 0 Å². The highest BCUT2D eigenvalue weighted by Crippen LogP contribution is 2.11. The van der Waals surface area contributed by atoms with Crippen LogP contribution in [0.4, 0.5) is 5.95 Å². The van der Waals surface area contributed by atoms with Crippen molar-refractivity contribution >= 4 is 17.1 Å². The van der Waals surface area contributed by atoms with Crippen LogP contribution in [0.15, 0.2) is 22.2 Å². The quantitative estimate of drug-likeness (QED) is 0.690. The Morgan fingerprint density at radius 2 is 2.00 bits per heavy atom. The number of anilines is 1. The summed E-state index contributed by atoms with van der Waals surface area (Å²) in [5.74, 6) is 0.193. The van der Waals surface area contributed by atoms with Crippen molar-refractivity contribution in [2.75, 3.05) is 5.73 Å². The van der Waals surface area contributed by atoms with Gasteiger partial charge in [-0.2, -0.15) is 4.98 Å². The molecule has 0 saturated heterocycles. The lowest BCUT2D eigenvalue weighted by Crippen LogP contribution is -2.37. The van der Waals surface area contributed by atoms with Crippen molar-refractivity contribution in [3.63, 3.8) is 0 Å². The Kier molecular flexibility index (Phi) is 2.38. The minimum Gasteiger partial charge on any atom is -0.369 e. The van der Waals surface area contributed by atoms with Gasteiger partial charge in [0, 0.05) is 20.6 Å². The highest BCUT2D eigenvalue weighted by atomic mass is 16.2. The molecule has 0 aliphatic carbocycles. The zero-order valence-electron chi connectivity index (χ0n) is 9.67. The Labute approximate surface area is 96.4 Å². The highest BCUT2D eigenvalue weighted by molar-refractivity contribution is 5.73. The van der Waals surface area contributed by atoms with E-state index >= 15 is 0 Å². The molecular formula is C10H13N5O2. The number of nitrogen functional groups attached to an aromatic ring is 1. The van der Waals surface area contributed by atoms with Crippen molar-refractivity contribution in [3.8, 4) is 0 Å². The predicted octanol–water partition coefficient (Wildman–Crippen LogP) is -0.798. The van der Waals surface area contributed by atoms with Gasteiger partial charge in [-0.15, -0.1) is 6.58 Å². The second kappa shape index (κ2) is 3.62. The molecule has 2 N–H and O–H groups in total. The van der Waals surface area contributed by atoms with E-state index in [9.17, 15) is 9.59 Å². The van der Waals surface area contributed by atoms with Crippen LogP contribution in [0.3, 0.4) is 0 Å². The summed E-state index contributed by atoms with van der Waals surface area (Å²) in [5, 5.41) is 0. The van der Waals surface area contributed by atoms with Crippen LogP contribution in [0.1, 0.15) is 0 Å². The molecule has 2 aromatic rings. The fourth-order valence-corrected chi connectivity index (χ4v) is 1.78. The molecule has 2 heterocycles. The lowest BCUT2D eigenvalue weighted by Gasteiger charge is -2.04. The first-order valence-electron chi connectivity index (χ1n) is 5.01. The average Bonchev–Trinajstić information content (AvgIpc) is 2.62. The standard InChI is InChI=1S/C10H13N5O2/c1-4-5-15-6-7(12-9(15)11)13(2)10(17)14(3)8(6)16/h4H,1,5H2,2-3H3,(H2,11,12). The summed E-state index contributed by atoms with van der Waals surface area (Å²) >= 11 is 0. The molecule has 7 heteroatoms. The van der Waals surface area contributed by atoms with Gasteiger partial charge >= 0.3 is 5.69 Å². The van der Waals surface area contributed by atoms with E-state index in [-0.39, 0.29) is 11.6 Å². The number of aryl methyl sites for hydroxylation is 1. The molecule has 0 radical (unpaired) electrons. The Hall–Kier alpha value is -2.31. The molecule has 0 atom stereocenters. The number of hydrogen-bond donors (Lipinski definition) is 1. The maximum atomic E-state index is 12.0. The Morgan fingerprint density at radius 3 is 2.59 bits per heavy atom. The second-order valence-corrected chi connectivity index (χ2v) is 3.75. The lowest BCUT2D eigenvalue weighted by molar-refractivity contribution is 0.703. The van der Waals surface area contributed by atoms with Crippen LogP contribution >= 0.6 is 0 Å². The molecule has 0 spiro atoms. The highest BCUT2D eigenvalue weighted by Gasteiger charge is 2.16. The first-order valence-corrected chi connectivity index (χ1v) is 5.01. The summed E-state index contributed by atoms with van der Waals surface area (Å²) in [7, 11) is 2.97. The first kappa shape index (κ1) is 11.2. The predicted molar refractivity (Wildman–Crippen MR) is 64.8 cm³/mol. The zero-order valence-corrected chi connectivity index (χ0v) is 9.67. The van der Waals surface area contributed by atoms with Crippen LogP contribution in [0.2, 0.25) is 0 Å². The molecule has 0 aliphatic heterocycles. The van der Waals surface area contributed by atoms with Gasteiger partial charge in [-0.1, -0.05) is 6.08 Å². The number of allylic oxidation sites excluding steroid dienone is 1. The Morgan fingerprint density at radius 1 is 1.35 bits per heavy atom. The molecule has 2 aromatic heterocycles. The van der Waals surface area contributed by atoms with Gasteiger partial charge in [0.05, 0.1) is 0 Å². The van der Waals surface area contributed by atoms with E-state index in [0.717, 1.165) is 4.57 Å². The lowest BCUT2D eigenvalue weighted by atomic mass is 10.5. The number of fused-ring (bicyclic) bond motifs is 1. The molecule has 0 aliphatic rings. The van der Waals surface area contributed by atoms with Crippen molar-refractivity contribution in [1.29, 1.82) is 0 Å². The largest absolute Gasteiger partial charge is 0.369 e. The number of nitrogens with zero attached hydrogens (tertiary/aromatic N) is 4. The monoisotopic (exact) mass is 235 g/mol. The molecule has 0 amide bonds. The molecule has 0 saturated carbocycles. The number of imidazole rings is 1. The van der Waals surface area contributed by atoms with Gasteiger partial charge in [0.25, 0.3) is 5.56 Å². The van der Waals surface area contributed by atoms with E-state index in [1.54, 1.807) is 13.1 Å². The fourth-order valence-electron chi connectivity index (χ4n) is 1.78. The van der Waals surface area contributed by atoms with Crippen molar-refractivity contribution in [1.82, 2.24) is 18.7 Å². The fraction of sp³-hybridized carbons (Fsp3) is 0.300. The van der Waals surface area contributed by atoms with Crippen molar-refractivity contribution < 1.29 is 0 Å². The van der Waals surface area contributed by atoms with Gasteiger partial charge in [0.15, 0.2) is 11.2 Å². The number of rotatable bonds is 2. The van der Waals surface area contributed by atoms with E-state index in [2.05, 4.69) is 11.6 Å². The zero-order chi connectivity index (χ0) is 12.7. The third-order valence-electron chi connectivity index (χ3n) is 2.69. The van der Waals surface area contributed by atoms with Gasteiger partial charge in [-0.3, -0.25) is 13.9 Å². The molecule has 7 nitrogen and oxygen atoms in total. The molecular weight excluding hydrogens is 222 g/mol. The van der Waals surface area contributed by atoms with Crippen LogP contribution in [-0.4, -0.2) is 18.7 Å². The minimum atomic E-state index is -0.425. The summed E-state index contributed by atoms with van der Waals surface area (Å²) < 4.78 is 3.86. The Balaban J connectivity index is 3.07. The molecule has 0 unspecified atom stereocenters. The number of hydrogen-bond acceptors (Lipinski definition) is 4. The van der Waals surface area contributed by atoms with Crippen molar-refractivity contribution in [3.05, 3.63) is 33.5 Å². The van der Waals surface area contributed by atoms with Gasteiger partial charge < -0.3 is 10.3 Å². The van der Waals surface area contributed by atoms with Crippen LogP contribution in [0.5, 0.6) is 0 Å². The summed E-state index contributed by atoms with van der Waals surface area (Å²) in [5.41, 5.74) is 5.49. The smallest absolute Gasteiger partial charge is 0.332 e. The molecule has 0 fully saturated rings. The summed E-state index contributed by atoms with van der Waals surface area (Å²) in [4.78, 5) is 27.7. The normalized spacial score (nSPS) is 10.9. The third kappa shape index (κ3) is 1.39. The van der Waals surface area contributed by atoms with Crippen molar-refractivity contribution in [2.24, 2.45) is 14.1 Å². The van der Waals surface area contributed by atoms with Crippen LogP contribution in [0, 0.1) is 0 Å². The summed E-state index contributed by atoms with van der Waals surface area (Å²) in [6.45, 7) is 3.96. The Bertz CT molecular complexity index is 719. The van der Waals surface area contributed by atoms with E-state index in [1.807, 2.05) is 0 Å². The molecule has 2 rings (SSSR count). The topological polar surface area (TPSA) is 87.8 Å². The first-order chi connectivity index (χ1) is 7.99. The van der Waals surface area contributed by atoms with Crippen LogP contribution in [0.25, 0.3) is 11.2 Å². The van der Waals surface area contributed by atoms with E-state index in [4.69, 9.17) is 5.73 Å². The second-order valence-electron chi connectivity index (χ2n) is 3.75. The van der Waals surface area contributed by atoms with E-state index in [0.29, 0.717) is 12.1 Å². The molecule has 17 heavy (non-hydrogen) atoms. The summed E-state index contributed by atoms with van der Waals surface area (Å²) in [6, 6.07) is 0. The SMILES string of the molecule is C=CCn1c(N)nc2c1c(=O)n(C)c(=O)n2C. The maximum absolute atomic E-state index is 12.0. The average molecular weight is 235 g/mol. The van der Waals surface area contributed by atoms with Crippen LogP contribution < -0.4 is 17.0 Å². The van der Waals surface area contributed by atoms with Gasteiger partial charge in [-0.05, 0) is 0 Å².